The Balaban J connectivity index is 0.000000163. The molecule has 1 unspecified atom stereocenters. The summed E-state index contributed by atoms with van der Waals surface area (Å²) in [6.45, 7) is 5.88. The molecule has 5 aromatic carbocycles. The van der Waals surface area contributed by atoms with E-state index in [0.29, 0.717) is 23.1 Å². The number of aliphatic hydroxyl groups is 1. The molecular weight excluding hydrogens is 1020 g/mol. The number of aromatic carboxylic acids is 1. The first-order valence-corrected chi connectivity index (χ1v) is 26.8. The average Bonchev–Trinajstić information content (AvgIpc) is 3.96. The van der Waals surface area contributed by atoms with E-state index < -0.39 is 23.5 Å². The summed E-state index contributed by atoms with van der Waals surface area (Å²) in [7, 11) is 16.5. The summed E-state index contributed by atoms with van der Waals surface area (Å²) in [5, 5.41) is 30.6. The number of rotatable bonds is 11. The van der Waals surface area contributed by atoms with Gasteiger partial charge in [0.15, 0.2) is 11.2 Å². The number of hydrogen-bond donors (Lipinski definition) is 3. The highest BCUT2D eigenvalue weighted by atomic mass is 32.2. The van der Waals surface area contributed by atoms with Crippen LogP contribution in [0.2, 0.25) is 0 Å². The van der Waals surface area contributed by atoms with Crippen molar-refractivity contribution in [2.24, 2.45) is 27.1 Å². The highest BCUT2D eigenvalue weighted by molar-refractivity contribution is 7.99. The molecule has 0 radical (unpaired) electrons. The fraction of sp³-hybridized carbons (Fsp3) is 0.344. The zero-order chi connectivity index (χ0) is 57.6. The van der Waals surface area contributed by atoms with Gasteiger partial charge in [0, 0.05) is 68.4 Å². The highest BCUT2D eigenvalue weighted by Crippen LogP contribution is 2.48. The number of ether oxygens (including phenoxy) is 2. The molecule has 79 heavy (non-hydrogen) atoms. The van der Waals surface area contributed by atoms with Crippen molar-refractivity contribution in [1.29, 1.82) is 0 Å². The van der Waals surface area contributed by atoms with Crippen LogP contribution in [0.5, 0.6) is 11.5 Å². The number of carbonyl (C=O) groups is 2. The summed E-state index contributed by atoms with van der Waals surface area (Å²) in [4.78, 5) is 61.4. The minimum atomic E-state index is -0.942. The van der Waals surface area contributed by atoms with Crippen molar-refractivity contribution >= 4 is 57.0 Å². The fourth-order valence-electron chi connectivity index (χ4n) is 9.33. The highest BCUT2D eigenvalue weighted by Gasteiger charge is 2.40. The van der Waals surface area contributed by atoms with Crippen LogP contribution in [0.3, 0.4) is 0 Å². The molecule has 1 aliphatic carbocycles. The number of fused-ring (bicyclic) bond motifs is 4. The number of likely N-dealkylation sites (N-methyl/N-ethyl adjacent to an activating group) is 1. The molecule has 8 aromatic rings. The van der Waals surface area contributed by atoms with E-state index in [0.717, 1.165) is 70.3 Å². The number of nitrogens with zero attached hydrogens (tertiary/aromatic N) is 8. The Morgan fingerprint density at radius 2 is 1.41 bits per heavy atom. The first-order chi connectivity index (χ1) is 37.7. The first-order valence-electron chi connectivity index (χ1n) is 26.0. The Labute approximate surface area is 466 Å². The molecule has 1 fully saturated rings. The molecule has 1 aliphatic heterocycles. The van der Waals surface area contributed by atoms with E-state index in [9.17, 15) is 24.3 Å². The molecule has 10 rings (SSSR count). The Morgan fingerprint density at radius 1 is 0.772 bits per heavy atom. The maximum absolute atomic E-state index is 11.7. The Kier molecular flexibility index (Phi) is 21.2. The number of anilines is 2. The summed E-state index contributed by atoms with van der Waals surface area (Å²) in [6.07, 6.45) is 8.60. The van der Waals surface area contributed by atoms with E-state index in [-0.39, 0.29) is 16.8 Å². The number of carboxylic acid groups (broad SMARTS) is 2. The van der Waals surface area contributed by atoms with Gasteiger partial charge in [0.1, 0.15) is 11.5 Å². The zero-order valence-electron chi connectivity index (χ0n) is 47.0. The molecule has 2 aliphatic rings. The van der Waals surface area contributed by atoms with Crippen molar-refractivity contribution in [3.05, 3.63) is 178 Å². The Morgan fingerprint density at radius 3 is 1.99 bits per heavy atom. The van der Waals surface area contributed by atoms with Crippen LogP contribution in [-0.2, 0) is 31.5 Å². The van der Waals surface area contributed by atoms with Gasteiger partial charge in [-0.05, 0) is 137 Å². The lowest BCUT2D eigenvalue weighted by molar-refractivity contribution is -0.138. The van der Waals surface area contributed by atoms with Crippen molar-refractivity contribution in [3.8, 4) is 11.5 Å². The number of aliphatic carboxylic acids is 1. The van der Waals surface area contributed by atoms with Gasteiger partial charge in [-0.25, -0.2) is 14.6 Å². The summed E-state index contributed by atoms with van der Waals surface area (Å²) in [6, 6.07) is 40.3. The van der Waals surface area contributed by atoms with E-state index in [2.05, 4.69) is 108 Å². The van der Waals surface area contributed by atoms with Crippen LogP contribution >= 0.6 is 11.8 Å². The van der Waals surface area contributed by atoms with Crippen LogP contribution in [-0.4, -0.2) is 122 Å². The van der Waals surface area contributed by atoms with Crippen LogP contribution in [0.15, 0.2) is 159 Å². The second-order valence-electron chi connectivity index (χ2n) is 20.1. The first kappa shape index (κ1) is 60.5. The lowest BCUT2D eigenvalue weighted by Gasteiger charge is -2.41. The largest absolute Gasteiger partial charge is 0.497 e. The summed E-state index contributed by atoms with van der Waals surface area (Å²) in [5.41, 5.74) is 4.15. The molecule has 418 valence electrons. The van der Waals surface area contributed by atoms with Crippen molar-refractivity contribution in [1.82, 2.24) is 33.5 Å². The van der Waals surface area contributed by atoms with E-state index in [4.69, 9.17) is 19.7 Å². The third-order valence-electron chi connectivity index (χ3n) is 14.2. The van der Waals surface area contributed by atoms with Gasteiger partial charge in [-0.15, -0.1) is 0 Å². The standard InChI is InChI=1S/C17H20N2S.C16H25NO2.C14H14O3.C8H10N4O2.C6H5NO2/c1-13(18(2)3)12-19-14-8-4-6-10-16(14)20-17-11-7-5-9-15(17)19;1-17(2)12-14-7-4-5-10-16(14,18)13-8-6-9-15(11-13)19-3;1-9(14(15)16)10-3-4-12-8-13(17-2)6-5-11(12)7-10;1-10-4-9-6-5(10)7(13)12(3)8(14)11(6)2;8-6(9)5-2-1-3-7-4-5/h4-11,13H,12H2,1-3H3;6,8-9,11,14,18H,4-5,7,10,12H2,1-3H3;3-9H,1-2H3,(H,15,16);4H,1-3H3;1-4H,(H,8,9)/t;14-,16+;9-;;/m.10../s1. The lowest BCUT2D eigenvalue weighted by Crippen LogP contribution is -2.43. The fourth-order valence-corrected chi connectivity index (χ4v) is 10.4. The van der Waals surface area contributed by atoms with Gasteiger partial charge in [0.05, 0.1) is 49.0 Å². The molecule has 0 saturated heterocycles. The van der Waals surface area contributed by atoms with Gasteiger partial charge in [-0.2, -0.15) is 0 Å². The number of carboxylic acids is 2. The molecule has 0 spiro atoms. The van der Waals surface area contributed by atoms with E-state index >= 15 is 0 Å². The third-order valence-corrected chi connectivity index (χ3v) is 15.3. The Bertz CT molecular complexity index is 3410. The quantitative estimate of drug-likeness (QED) is 0.111. The van der Waals surface area contributed by atoms with E-state index in [1.165, 1.54) is 64.0 Å². The molecule has 3 N–H and O–H groups in total. The molecule has 1 saturated carbocycles. The van der Waals surface area contributed by atoms with Gasteiger partial charge < -0.3 is 44.1 Å². The number of pyridine rings is 1. The van der Waals surface area contributed by atoms with Crippen molar-refractivity contribution in [2.75, 3.05) is 60.4 Å². The predicted molar refractivity (Wildman–Crippen MR) is 314 cm³/mol. The van der Waals surface area contributed by atoms with Crippen molar-refractivity contribution in [3.63, 3.8) is 0 Å². The predicted octanol–water partition coefficient (Wildman–Crippen LogP) is 9.66. The van der Waals surface area contributed by atoms with E-state index in [1.807, 2.05) is 72.4 Å². The van der Waals surface area contributed by atoms with Crippen LogP contribution < -0.4 is 25.6 Å². The van der Waals surface area contributed by atoms with Crippen LogP contribution in [0.1, 0.15) is 66.9 Å². The number of benzene rings is 5. The summed E-state index contributed by atoms with van der Waals surface area (Å²) < 4.78 is 14.5. The van der Waals surface area contributed by atoms with E-state index in [1.54, 1.807) is 45.9 Å². The molecular formula is C61H74N8O9S. The Hall–Kier alpha value is -7.77. The van der Waals surface area contributed by atoms with Gasteiger partial charge >= 0.3 is 17.6 Å². The van der Waals surface area contributed by atoms with Gasteiger partial charge in [-0.1, -0.05) is 85.3 Å². The topological polar surface area (TPSA) is 198 Å². The normalized spacial score (nSPS) is 16.0. The van der Waals surface area contributed by atoms with Crippen LogP contribution in [0.4, 0.5) is 11.4 Å². The minimum absolute atomic E-state index is 0.220. The smallest absolute Gasteiger partial charge is 0.337 e. The second-order valence-corrected chi connectivity index (χ2v) is 21.2. The average molecular weight is 1100 g/mol. The zero-order valence-corrected chi connectivity index (χ0v) is 47.8. The monoisotopic (exact) mass is 1090 g/mol. The number of para-hydroxylation sites is 2. The number of hydrogen-bond acceptors (Lipinski definition) is 13. The van der Waals surface area contributed by atoms with Crippen LogP contribution in [0, 0.1) is 5.92 Å². The van der Waals surface area contributed by atoms with Gasteiger partial charge in [0.25, 0.3) is 5.56 Å². The van der Waals surface area contributed by atoms with Crippen LogP contribution in [0.25, 0.3) is 21.9 Å². The molecule has 3 aromatic heterocycles. The number of methoxy groups -OCH3 is 2. The van der Waals surface area contributed by atoms with Gasteiger partial charge in [0.2, 0.25) is 0 Å². The molecule has 4 atom stereocenters. The SMILES string of the molecule is CC(CN1c2ccccc2Sc2ccccc21)N(C)C.COc1ccc2cc([C@H](C)C(=O)O)ccc2c1.COc1cccc([C@@]2(O)CCCC[C@@H]2CN(C)C)c1.Cn1c(=O)c2c(ncn2C)n(C)c1=O.O=C(O)c1cccnc1. The number of aromatic nitrogens is 5. The van der Waals surface area contributed by atoms with Gasteiger partial charge in [-0.3, -0.25) is 23.7 Å². The minimum Gasteiger partial charge on any atom is -0.497 e. The van der Waals surface area contributed by atoms with Crippen molar-refractivity contribution in [2.45, 2.75) is 66.9 Å². The summed E-state index contributed by atoms with van der Waals surface area (Å²) in [5.74, 6) is -0.317. The molecule has 4 heterocycles. The molecule has 18 heteroatoms. The lowest BCUT2D eigenvalue weighted by atomic mass is 9.71. The number of aryl methyl sites for hydroxylation is 2. The maximum Gasteiger partial charge on any atom is 0.337 e. The molecule has 17 nitrogen and oxygen atoms in total. The molecule has 0 bridgehead atoms. The molecule has 0 amide bonds. The summed E-state index contributed by atoms with van der Waals surface area (Å²) >= 11 is 1.87. The number of imidazole rings is 1. The van der Waals surface area contributed by atoms with Crippen molar-refractivity contribution < 1.29 is 34.4 Å². The third kappa shape index (κ3) is 15.1. The second kappa shape index (κ2) is 27.7. The maximum atomic E-state index is 11.7.